The van der Waals surface area contributed by atoms with E-state index in [4.69, 9.17) is 0 Å². The van der Waals surface area contributed by atoms with Crippen molar-refractivity contribution in [3.8, 4) is 0 Å². The summed E-state index contributed by atoms with van der Waals surface area (Å²) in [7, 11) is 1.55. The number of anilines is 1. The number of benzene rings is 2. The molecule has 28 heavy (non-hydrogen) atoms. The molecule has 3 N–H and O–H groups in total. The van der Waals surface area contributed by atoms with Crippen LogP contribution < -0.4 is 16.0 Å². The lowest BCUT2D eigenvalue weighted by atomic mass is 9.86. The Morgan fingerprint density at radius 2 is 1.32 bits per heavy atom. The largest absolute Gasteiger partial charge is 0.355 e. The van der Waals surface area contributed by atoms with Crippen LogP contribution in [-0.2, 0) is 10.2 Å². The molecule has 0 saturated carbocycles. The van der Waals surface area contributed by atoms with Gasteiger partial charge in [0.15, 0.2) is 0 Å². The number of carbonyl (C=O) groups is 3. The molecule has 0 aliphatic heterocycles. The summed E-state index contributed by atoms with van der Waals surface area (Å²) in [6, 6.07) is 13.2. The van der Waals surface area contributed by atoms with Gasteiger partial charge in [0, 0.05) is 23.9 Å². The predicted octanol–water partition coefficient (Wildman–Crippen LogP) is 3.10. The number of hydrogen-bond donors (Lipinski definition) is 3. The molecular weight excluding hydrogens is 354 g/mol. The minimum absolute atomic E-state index is 0.00946. The van der Waals surface area contributed by atoms with E-state index in [1.807, 2.05) is 12.1 Å². The Morgan fingerprint density at radius 3 is 1.82 bits per heavy atom. The number of amides is 3. The van der Waals surface area contributed by atoms with E-state index in [0.717, 1.165) is 5.56 Å². The summed E-state index contributed by atoms with van der Waals surface area (Å²) in [5, 5.41) is 7.96. The summed E-state index contributed by atoms with van der Waals surface area (Å²) >= 11 is 0. The third-order valence-electron chi connectivity index (χ3n) is 4.40. The molecule has 0 aliphatic carbocycles. The molecule has 6 nitrogen and oxygen atoms in total. The molecule has 0 bridgehead atoms. The molecule has 0 radical (unpaired) electrons. The molecule has 0 heterocycles. The van der Waals surface area contributed by atoms with Gasteiger partial charge in [0.05, 0.1) is 0 Å². The number of nitrogens with one attached hydrogen (secondary N) is 3. The van der Waals surface area contributed by atoms with Crippen molar-refractivity contribution in [2.24, 2.45) is 0 Å². The fourth-order valence-corrected chi connectivity index (χ4v) is 2.57. The molecule has 0 fully saturated rings. The van der Waals surface area contributed by atoms with Crippen molar-refractivity contribution in [2.75, 3.05) is 12.4 Å². The highest BCUT2D eigenvalue weighted by molar-refractivity contribution is 6.01. The van der Waals surface area contributed by atoms with E-state index in [9.17, 15) is 14.4 Å². The number of rotatable bonds is 5. The lowest BCUT2D eigenvalue weighted by Crippen LogP contribution is -2.41. The average Bonchev–Trinajstić information content (AvgIpc) is 2.67. The van der Waals surface area contributed by atoms with Crippen molar-refractivity contribution in [1.82, 2.24) is 10.6 Å². The van der Waals surface area contributed by atoms with E-state index >= 15 is 0 Å². The van der Waals surface area contributed by atoms with Crippen LogP contribution in [0.3, 0.4) is 0 Å². The molecule has 2 aromatic rings. The smallest absolute Gasteiger partial charge is 0.251 e. The normalized spacial score (nSPS) is 12.0. The van der Waals surface area contributed by atoms with Crippen LogP contribution in [0.15, 0.2) is 48.5 Å². The van der Waals surface area contributed by atoms with Crippen LogP contribution in [-0.4, -0.2) is 30.8 Å². The van der Waals surface area contributed by atoms with E-state index < -0.39 is 6.04 Å². The average molecular weight is 381 g/mol. The van der Waals surface area contributed by atoms with Gasteiger partial charge in [-0.25, -0.2) is 0 Å². The summed E-state index contributed by atoms with van der Waals surface area (Å²) < 4.78 is 0. The fourth-order valence-electron chi connectivity index (χ4n) is 2.57. The molecule has 148 valence electrons. The molecule has 0 saturated heterocycles. The number of hydrogen-bond acceptors (Lipinski definition) is 3. The van der Waals surface area contributed by atoms with Crippen molar-refractivity contribution in [3.05, 3.63) is 65.2 Å². The highest BCUT2D eigenvalue weighted by Gasteiger charge is 2.18. The van der Waals surface area contributed by atoms with Gasteiger partial charge in [-0.2, -0.15) is 0 Å². The van der Waals surface area contributed by atoms with Gasteiger partial charge in [-0.3, -0.25) is 14.4 Å². The highest BCUT2D eigenvalue weighted by Crippen LogP contribution is 2.22. The standard InChI is InChI=1S/C22H27N3O3/c1-14(19(26)25-18-12-8-15(9-13-18)20(27)23-5)24-21(28)16-6-10-17(11-7-16)22(2,3)4/h6-14H,1-5H3,(H,23,27)(H,24,28)(H,25,26). The topological polar surface area (TPSA) is 87.3 Å². The quantitative estimate of drug-likeness (QED) is 0.744. The first kappa shape index (κ1) is 21.2. The Kier molecular flexibility index (Phi) is 6.57. The van der Waals surface area contributed by atoms with Crippen molar-refractivity contribution in [1.29, 1.82) is 0 Å². The van der Waals surface area contributed by atoms with Gasteiger partial charge in [-0.1, -0.05) is 32.9 Å². The lowest BCUT2D eigenvalue weighted by molar-refractivity contribution is -0.117. The van der Waals surface area contributed by atoms with Crippen LogP contribution in [0.4, 0.5) is 5.69 Å². The third kappa shape index (κ3) is 5.42. The zero-order valence-electron chi connectivity index (χ0n) is 16.9. The van der Waals surface area contributed by atoms with E-state index in [1.165, 1.54) is 0 Å². The van der Waals surface area contributed by atoms with Crippen LogP contribution >= 0.6 is 0 Å². The Hall–Kier alpha value is -3.15. The van der Waals surface area contributed by atoms with Gasteiger partial charge in [-0.15, -0.1) is 0 Å². The first-order valence-corrected chi connectivity index (χ1v) is 9.16. The van der Waals surface area contributed by atoms with E-state index in [1.54, 1.807) is 50.4 Å². The minimum Gasteiger partial charge on any atom is -0.355 e. The molecule has 1 unspecified atom stereocenters. The van der Waals surface area contributed by atoms with E-state index in [-0.39, 0.29) is 23.1 Å². The van der Waals surface area contributed by atoms with Gasteiger partial charge in [-0.05, 0) is 54.3 Å². The van der Waals surface area contributed by atoms with E-state index in [0.29, 0.717) is 16.8 Å². The molecule has 0 aliphatic rings. The van der Waals surface area contributed by atoms with Gasteiger partial charge in [0.2, 0.25) is 5.91 Å². The first-order chi connectivity index (χ1) is 13.1. The van der Waals surface area contributed by atoms with Crippen molar-refractivity contribution >= 4 is 23.4 Å². The molecule has 1 atom stereocenters. The monoisotopic (exact) mass is 381 g/mol. The third-order valence-corrected chi connectivity index (χ3v) is 4.40. The van der Waals surface area contributed by atoms with Crippen LogP contribution in [0.5, 0.6) is 0 Å². The molecule has 3 amide bonds. The highest BCUT2D eigenvalue weighted by atomic mass is 16.2. The van der Waals surface area contributed by atoms with Crippen LogP contribution in [0.25, 0.3) is 0 Å². The second kappa shape index (κ2) is 8.69. The summed E-state index contributed by atoms with van der Waals surface area (Å²) in [4.78, 5) is 36.3. The Labute approximate surface area is 165 Å². The summed E-state index contributed by atoms with van der Waals surface area (Å²) in [6.07, 6.45) is 0. The molecule has 2 rings (SSSR count). The zero-order chi connectivity index (χ0) is 20.9. The zero-order valence-corrected chi connectivity index (χ0v) is 16.9. The van der Waals surface area contributed by atoms with Gasteiger partial charge < -0.3 is 16.0 Å². The Bertz CT molecular complexity index is 850. The SMILES string of the molecule is CNC(=O)c1ccc(NC(=O)C(C)NC(=O)c2ccc(C(C)(C)C)cc2)cc1. The maximum atomic E-state index is 12.4. The van der Waals surface area contributed by atoms with Crippen LogP contribution in [0.1, 0.15) is 54.0 Å². The Morgan fingerprint density at radius 1 is 0.821 bits per heavy atom. The Balaban J connectivity index is 1.96. The lowest BCUT2D eigenvalue weighted by Gasteiger charge is -2.19. The summed E-state index contributed by atoms with van der Waals surface area (Å²) in [5.41, 5.74) is 2.70. The van der Waals surface area contributed by atoms with Crippen molar-refractivity contribution < 1.29 is 14.4 Å². The van der Waals surface area contributed by atoms with Crippen molar-refractivity contribution in [2.45, 2.75) is 39.2 Å². The van der Waals surface area contributed by atoms with Gasteiger partial charge in [0.25, 0.3) is 11.8 Å². The van der Waals surface area contributed by atoms with Crippen LogP contribution in [0, 0.1) is 0 Å². The molecule has 2 aromatic carbocycles. The van der Waals surface area contributed by atoms with Crippen LogP contribution in [0.2, 0.25) is 0 Å². The molecule has 6 heteroatoms. The summed E-state index contributed by atoms with van der Waals surface area (Å²) in [5.74, 6) is -0.846. The van der Waals surface area contributed by atoms with Crippen molar-refractivity contribution in [3.63, 3.8) is 0 Å². The number of carbonyl (C=O) groups excluding carboxylic acids is 3. The van der Waals surface area contributed by atoms with E-state index in [2.05, 4.69) is 36.7 Å². The summed E-state index contributed by atoms with van der Waals surface area (Å²) in [6.45, 7) is 7.94. The second-order valence-electron chi connectivity index (χ2n) is 7.67. The van der Waals surface area contributed by atoms with Gasteiger partial charge >= 0.3 is 0 Å². The molecule has 0 spiro atoms. The fraction of sp³-hybridized carbons (Fsp3) is 0.318. The first-order valence-electron chi connectivity index (χ1n) is 9.16. The second-order valence-corrected chi connectivity index (χ2v) is 7.67. The minimum atomic E-state index is -0.714. The maximum absolute atomic E-state index is 12.4. The predicted molar refractivity (Wildman–Crippen MR) is 111 cm³/mol. The maximum Gasteiger partial charge on any atom is 0.251 e. The molecular formula is C22H27N3O3. The molecule has 0 aromatic heterocycles. The van der Waals surface area contributed by atoms with Gasteiger partial charge in [0.1, 0.15) is 6.04 Å².